The van der Waals surface area contributed by atoms with Crippen LogP contribution in [0.25, 0.3) is 0 Å². The lowest BCUT2D eigenvalue weighted by Crippen LogP contribution is -2.46. The highest BCUT2D eigenvalue weighted by atomic mass is 35.5. The fraction of sp³-hybridized carbons (Fsp3) is 0.600. The van der Waals surface area contributed by atoms with Gasteiger partial charge in [-0.15, -0.1) is 0 Å². The Kier molecular flexibility index (Phi) is 6.61. The van der Waals surface area contributed by atoms with E-state index in [1.807, 2.05) is 18.2 Å². The molecule has 1 aromatic carbocycles. The van der Waals surface area contributed by atoms with Crippen molar-refractivity contribution in [2.45, 2.75) is 77.3 Å². The van der Waals surface area contributed by atoms with Crippen molar-refractivity contribution in [2.24, 2.45) is 11.8 Å². The third kappa shape index (κ3) is 4.90. The molecule has 1 aromatic rings. The van der Waals surface area contributed by atoms with Crippen molar-refractivity contribution >= 4 is 29.3 Å². The largest absolute Gasteiger partial charge is 0.344 e. The van der Waals surface area contributed by atoms with E-state index in [2.05, 4.69) is 19.2 Å². The van der Waals surface area contributed by atoms with Crippen LogP contribution in [0.15, 0.2) is 12.1 Å². The van der Waals surface area contributed by atoms with Crippen LogP contribution in [0.3, 0.4) is 0 Å². The minimum Gasteiger partial charge on any atom is -0.344 e. The van der Waals surface area contributed by atoms with Crippen molar-refractivity contribution in [1.29, 1.82) is 5.26 Å². The fourth-order valence-corrected chi connectivity index (χ4v) is 5.62. The van der Waals surface area contributed by atoms with Crippen LogP contribution in [-0.4, -0.2) is 51.8 Å². The van der Waals surface area contributed by atoms with Crippen molar-refractivity contribution in [2.75, 3.05) is 6.54 Å². The van der Waals surface area contributed by atoms with Gasteiger partial charge in [-0.05, 0) is 54.5 Å². The lowest BCUT2D eigenvalue weighted by Gasteiger charge is -2.23. The molecule has 0 bridgehead atoms. The number of amides is 3. The molecule has 0 aromatic heterocycles. The van der Waals surface area contributed by atoms with Gasteiger partial charge in [-0.25, -0.2) is 4.39 Å². The highest BCUT2D eigenvalue weighted by Gasteiger charge is 2.47. The fourth-order valence-electron chi connectivity index (χ4n) is 5.36. The minimum absolute atomic E-state index is 0.000642. The van der Waals surface area contributed by atoms with E-state index in [4.69, 9.17) is 11.6 Å². The summed E-state index contributed by atoms with van der Waals surface area (Å²) in [5.41, 5.74) is 1.68. The molecular formula is C25H30ClFN4O3. The zero-order chi connectivity index (χ0) is 24.8. The Balaban J connectivity index is 1.39. The summed E-state index contributed by atoms with van der Waals surface area (Å²) in [6, 6.07) is 4.14. The van der Waals surface area contributed by atoms with Crippen molar-refractivity contribution in [3.8, 4) is 6.07 Å². The third-order valence-corrected chi connectivity index (χ3v) is 7.16. The number of alkyl halides is 1. The molecule has 4 rings (SSSR count). The molecule has 2 fully saturated rings. The first-order valence-electron chi connectivity index (χ1n) is 11.7. The molecule has 3 heterocycles. The lowest BCUT2D eigenvalue weighted by molar-refractivity contribution is -0.135. The number of nitrogens with zero attached hydrogens (tertiary/aromatic N) is 3. The summed E-state index contributed by atoms with van der Waals surface area (Å²) in [7, 11) is 0. The van der Waals surface area contributed by atoms with E-state index in [9.17, 15) is 24.0 Å². The Bertz CT molecular complexity index is 1070. The smallest absolute Gasteiger partial charge is 0.246 e. The number of benzene rings is 1. The van der Waals surface area contributed by atoms with E-state index >= 15 is 0 Å². The Morgan fingerprint density at radius 2 is 2.09 bits per heavy atom. The van der Waals surface area contributed by atoms with E-state index in [1.165, 1.54) is 11.8 Å². The van der Waals surface area contributed by atoms with E-state index < -0.39 is 29.6 Å². The highest BCUT2D eigenvalue weighted by molar-refractivity contribution is 6.30. The van der Waals surface area contributed by atoms with Crippen LogP contribution in [0.1, 0.15) is 56.7 Å². The summed E-state index contributed by atoms with van der Waals surface area (Å²) in [5.74, 6) is -1.15. The first-order chi connectivity index (χ1) is 16.0. The first-order valence-corrected chi connectivity index (χ1v) is 12.1. The van der Waals surface area contributed by atoms with Gasteiger partial charge in [0.1, 0.15) is 17.8 Å². The maximum absolute atomic E-state index is 14.4. The van der Waals surface area contributed by atoms with E-state index in [0.29, 0.717) is 24.0 Å². The van der Waals surface area contributed by atoms with E-state index in [1.54, 1.807) is 4.90 Å². The second-order valence-electron chi connectivity index (χ2n) is 10.5. The van der Waals surface area contributed by atoms with Crippen LogP contribution in [-0.2, 0) is 33.9 Å². The standard InChI is InChI=1S/C25H30ClFN4O3/c1-14(2)4-15-5-18(26)6-17-11-30(12-20(15)17)22(32)8-16-7-21(29-23(16)33)24(34)31-13-25(3,27)9-19(31)10-28/h5-6,14,16,19,21H,4,7-9,11-13H2,1-3H3,(H,29,33)/t16-,19-,21-,25?/m0/s1. The lowest BCUT2D eigenvalue weighted by atomic mass is 9.96. The summed E-state index contributed by atoms with van der Waals surface area (Å²) < 4.78 is 14.4. The Hall–Kier alpha value is -2.66. The average Bonchev–Trinajstić information content (AvgIpc) is 3.42. The van der Waals surface area contributed by atoms with Gasteiger partial charge < -0.3 is 15.1 Å². The van der Waals surface area contributed by atoms with Gasteiger partial charge in [-0.1, -0.05) is 25.4 Å². The molecule has 1 N–H and O–H groups in total. The molecule has 182 valence electrons. The predicted octanol–water partition coefficient (Wildman–Crippen LogP) is 3.13. The van der Waals surface area contributed by atoms with E-state index in [0.717, 1.165) is 23.1 Å². The van der Waals surface area contributed by atoms with Gasteiger partial charge in [0, 0.05) is 36.9 Å². The number of nitriles is 1. The van der Waals surface area contributed by atoms with Crippen LogP contribution in [0.5, 0.6) is 0 Å². The second-order valence-corrected chi connectivity index (χ2v) is 10.9. The topological polar surface area (TPSA) is 93.5 Å². The molecular weight excluding hydrogens is 459 g/mol. The zero-order valence-electron chi connectivity index (χ0n) is 19.7. The van der Waals surface area contributed by atoms with Crippen molar-refractivity contribution in [3.05, 3.63) is 33.8 Å². The van der Waals surface area contributed by atoms with Crippen molar-refractivity contribution in [1.82, 2.24) is 15.1 Å². The van der Waals surface area contributed by atoms with Crippen LogP contribution in [0.4, 0.5) is 4.39 Å². The number of hydrogen-bond donors (Lipinski definition) is 1. The molecule has 3 amide bonds. The molecule has 0 saturated carbocycles. The SMILES string of the molecule is CC(C)Cc1cc(Cl)cc2c1CN(C(=O)C[C@@H]1C[C@@H](C(=O)N3CC(C)(F)C[C@H]3C#N)NC1=O)C2. The minimum atomic E-state index is -1.63. The number of likely N-dealkylation sites (tertiary alicyclic amines) is 1. The van der Waals surface area contributed by atoms with Gasteiger partial charge in [0.15, 0.2) is 0 Å². The number of nitrogens with one attached hydrogen (secondary N) is 1. The highest BCUT2D eigenvalue weighted by Crippen LogP contribution is 2.34. The predicted molar refractivity (Wildman–Crippen MR) is 124 cm³/mol. The molecule has 3 aliphatic rings. The summed E-state index contributed by atoms with van der Waals surface area (Å²) in [6.07, 6.45) is 0.986. The number of halogens is 2. The Morgan fingerprint density at radius 3 is 2.76 bits per heavy atom. The van der Waals surface area contributed by atoms with Gasteiger partial charge in [-0.3, -0.25) is 14.4 Å². The van der Waals surface area contributed by atoms with Crippen LogP contribution < -0.4 is 5.32 Å². The van der Waals surface area contributed by atoms with Crippen LogP contribution >= 0.6 is 11.6 Å². The monoisotopic (exact) mass is 488 g/mol. The number of carbonyl (C=O) groups is 3. The van der Waals surface area contributed by atoms with Gasteiger partial charge in [0.05, 0.1) is 12.6 Å². The second kappa shape index (κ2) is 9.18. The molecule has 0 radical (unpaired) electrons. The van der Waals surface area contributed by atoms with Gasteiger partial charge in [0.2, 0.25) is 17.7 Å². The van der Waals surface area contributed by atoms with Crippen LogP contribution in [0.2, 0.25) is 5.02 Å². The molecule has 4 atom stereocenters. The molecule has 7 nitrogen and oxygen atoms in total. The first kappa shape index (κ1) is 24.5. The van der Waals surface area contributed by atoms with Crippen molar-refractivity contribution < 1.29 is 18.8 Å². The molecule has 1 unspecified atom stereocenters. The van der Waals surface area contributed by atoms with Gasteiger partial charge in [-0.2, -0.15) is 5.26 Å². The average molecular weight is 489 g/mol. The number of fused-ring (bicyclic) bond motifs is 1. The van der Waals surface area contributed by atoms with Gasteiger partial charge >= 0.3 is 0 Å². The number of hydrogen-bond acceptors (Lipinski definition) is 4. The summed E-state index contributed by atoms with van der Waals surface area (Å²) >= 11 is 6.30. The molecule has 0 aliphatic carbocycles. The maximum Gasteiger partial charge on any atom is 0.246 e. The maximum atomic E-state index is 14.4. The van der Waals surface area contributed by atoms with Crippen molar-refractivity contribution in [3.63, 3.8) is 0 Å². The number of rotatable bonds is 5. The third-order valence-electron chi connectivity index (χ3n) is 6.94. The Morgan fingerprint density at radius 1 is 1.35 bits per heavy atom. The molecule has 34 heavy (non-hydrogen) atoms. The molecule has 9 heteroatoms. The summed E-state index contributed by atoms with van der Waals surface area (Å²) in [5, 5.41) is 12.6. The molecule has 2 saturated heterocycles. The Labute approximate surface area is 204 Å². The van der Waals surface area contributed by atoms with Gasteiger partial charge in [0.25, 0.3) is 0 Å². The normalized spacial score (nSPS) is 28.3. The summed E-state index contributed by atoms with van der Waals surface area (Å²) in [6.45, 7) is 6.40. The van der Waals surface area contributed by atoms with E-state index in [-0.39, 0.29) is 37.6 Å². The van der Waals surface area contributed by atoms with Crippen LogP contribution in [0, 0.1) is 23.2 Å². The quantitative estimate of drug-likeness (QED) is 0.689. The molecule has 3 aliphatic heterocycles. The zero-order valence-corrected chi connectivity index (χ0v) is 20.5. The molecule has 0 spiro atoms. The summed E-state index contributed by atoms with van der Waals surface area (Å²) in [4.78, 5) is 41.5. The number of carbonyl (C=O) groups excluding carboxylic acids is 3.